The Balaban J connectivity index is -0.0000000575. The zero-order valence-electron chi connectivity index (χ0n) is 4.59. The molecule has 0 aliphatic heterocycles. The summed E-state index contributed by atoms with van der Waals surface area (Å²) in [6.07, 6.45) is -0.0833. The highest BCUT2D eigenvalue weighted by Gasteiger charge is 1.70. The van der Waals surface area contributed by atoms with E-state index in [1.807, 2.05) is 6.92 Å². The summed E-state index contributed by atoms with van der Waals surface area (Å²) in [5, 5.41) is 13.9. The number of carboxylic acid groups (broad SMARTS) is 2. The van der Waals surface area contributed by atoms with Crippen molar-refractivity contribution in [3.63, 3.8) is 0 Å². The van der Waals surface area contributed by atoms with Gasteiger partial charge in [-0.05, 0) is 6.92 Å². The van der Waals surface area contributed by atoms with Crippen LogP contribution in [-0.4, -0.2) is 21.8 Å². The molecule has 0 saturated carbocycles. The van der Waals surface area contributed by atoms with Gasteiger partial charge in [-0.1, -0.05) is 6.08 Å². The minimum absolute atomic E-state index is 0. The van der Waals surface area contributed by atoms with Gasteiger partial charge in [-0.2, -0.15) is 0 Å². The lowest BCUT2D eigenvalue weighted by Crippen LogP contribution is -1.81. The molecule has 0 atom stereocenters. The van der Waals surface area contributed by atoms with Gasteiger partial charge in [0.1, 0.15) is 0 Å². The van der Waals surface area contributed by atoms with Gasteiger partial charge >= 0.3 is 6.16 Å². The fraction of sp³-hybridized carbons (Fsp3) is 0.250. The molecule has 0 heterocycles. The Bertz CT molecular complexity index is 55.1. The number of rotatable bonds is 0. The van der Waals surface area contributed by atoms with Crippen LogP contribution in [0.1, 0.15) is 6.92 Å². The highest BCUT2D eigenvalue weighted by Crippen LogP contribution is 1.42. The third kappa shape index (κ3) is 73.8. The van der Waals surface area contributed by atoms with Crippen molar-refractivity contribution in [3.8, 4) is 0 Å². The Morgan fingerprint density at radius 3 is 1.62 bits per heavy atom. The molecule has 0 aliphatic carbocycles. The van der Waals surface area contributed by atoms with Gasteiger partial charge in [0.05, 0.1) is 0 Å². The van der Waals surface area contributed by atoms with E-state index in [0.29, 0.717) is 0 Å². The first-order chi connectivity index (χ1) is 3.15. The molecule has 4 N–H and O–H groups in total. The molecular formula is C4H10O4. The van der Waals surface area contributed by atoms with Crippen LogP contribution < -0.4 is 0 Å². The third-order valence-electron chi connectivity index (χ3n) is 0. The van der Waals surface area contributed by atoms with Crippen LogP contribution in [0.2, 0.25) is 0 Å². The van der Waals surface area contributed by atoms with Crippen molar-refractivity contribution >= 4 is 6.16 Å². The molecule has 50 valence electrons. The van der Waals surface area contributed by atoms with E-state index in [-0.39, 0.29) is 5.48 Å². The molecule has 0 saturated heterocycles. The predicted octanol–water partition coefficient (Wildman–Crippen LogP) is 0.590. The first-order valence-electron chi connectivity index (χ1n) is 1.64. The molecule has 0 aromatic carbocycles. The number of carbonyl (C=O) groups is 1. The lowest BCUT2D eigenvalue weighted by Gasteiger charge is -1.60. The van der Waals surface area contributed by atoms with E-state index in [9.17, 15) is 0 Å². The summed E-state index contributed by atoms with van der Waals surface area (Å²) in [6, 6.07) is 0. The van der Waals surface area contributed by atoms with Crippen molar-refractivity contribution < 1.29 is 20.5 Å². The molecule has 0 aromatic heterocycles. The van der Waals surface area contributed by atoms with Crippen LogP contribution in [0.25, 0.3) is 0 Å². The van der Waals surface area contributed by atoms with Crippen LogP contribution in [0.4, 0.5) is 4.79 Å². The molecule has 0 spiro atoms. The standard InChI is InChI=1S/C3H6.CH2O3.H2O/c1-3-2;2-1(3)4;/h3H,1H2,2H3;(H2,2,3,4);1H2. The molecule has 0 fully saturated rings. The van der Waals surface area contributed by atoms with Crippen LogP contribution in [0, 0.1) is 0 Å². The molecule has 4 heteroatoms. The zero-order valence-corrected chi connectivity index (χ0v) is 4.59. The summed E-state index contributed by atoms with van der Waals surface area (Å²) in [6.45, 7) is 5.25. The second-order valence-corrected chi connectivity index (χ2v) is 0.691. The Morgan fingerprint density at radius 1 is 1.62 bits per heavy atom. The predicted molar refractivity (Wildman–Crippen MR) is 30.1 cm³/mol. The molecular weight excluding hydrogens is 112 g/mol. The molecule has 0 rings (SSSR count). The van der Waals surface area contributed by atoms with Crippen LogP contribution in [-0.2, 0) is 0 Å². The minimum Gasteiger partial charge on any atom is -0.450 e. The van der Waals surface area contributed by atoms with E-state index in [0.717, 1.165) is 0 Å². The molecule has 4 nitrogen and oxygen atoms in total. The van der Waals surface area contributed by atoms with Crippen molar-refractivity contribution in [3.05, 3.63) is 12.7 Å². The maximum Gasteiger partial charge on any atom is 0.503 e. The average Bonchev–Trinajstić information content (AvgIpc) is 1.33. The monoisotopic (exact) mass is 122 g/mol. The summed E-state index contributed by atoms with van der Waals surface area (Å²) < 4.78 is 0. The van der Waals surface area contributed by atoms with Gasteiger partial charge in [-0.15, -0.1) is 6.58 Å². The molecule has 0 unspecified atom stereocenters. The Morgan fingerprint density at radius 2 is 1.62 bits per heavy atom. The molecule has 0 bridgehead atoms. The van der Waals surface area contributed by atoms with Crippen LogP contribution >= 0.6 is 0 Å². The van der Waals surface area contributed by atoms with Crippen LogP contribution in [0.3, 0.4) is 0 Å². The van der Waals surface area contributed by atoms with E-state index >= 15 is 0 Å². The fourth-order valence-electron chi connectivity index (χ4n) is 0. The van der Waals surface area contributed by atoms with E-state index in [1.165, 1.54) is 0 Å². The summed E-state index contributed by atoms with van der Waals surface area (Å²) in [5.74, 6) is 0. The second kappa shape index (κ2) is 16.7. The van der Waals surface area contributed by atoms with Crippen LogP contribution in [0.5, 0.6) is 0 Å². The Hall–Kier alpha value is -1.03. The normalized spacial score (nSPS) is 4.62. The quantitative estimate of drug-likeness (QED) is 0.461. The van der Waals surface area contributed by atoms with Gasteiger partial charge in [-0.3, -0.25) is 0 Å². The lowest BCUT2D eigenvalue weighted by atomic mass is 10.8. The maximum absolute atomic E-state index is 8.56. The minimum atomic E-state index is -1.83. The molecule has 0 radical (unpaired) electrons. The van der Waals surface area contributed by atoms with Crippen LogP contribution in [0.15, 0.2) is 12.7 Å². The van der Waals surface area contributed by atoms with E-state index in [4.69, 9.17) is 15.0 Å². The van der Waals surface area contributed by atoms with Gasteiger partial charge in [-0.25, -0.2) is 4.79 Å². The fourth-order valence-corrected chi connectivity index (χ4v) is 0. The second-order valence-electron chi connectivity index (χ2n) is 0.691. The molecule has 8 heavy (non-hydrogen) atoms. The smallest absolute Gasteiger partial charge is 0.450 e. The first-order valence-corrected chi connectivity index (χ1v) is 1.64. The topological polar surface area (TPSA) is 89.0 Å². The van der Waals surface area contributed by atoms with E-state index in [2.05, 4.69) is 6.58 Å². The Kier molecular flexibility index (Phi) is 32.9. The average molecular weight is 122 g/mol. The highest BCUT2D eigenvalue weighted by atomic mass is 16.6. The lowest BCUT2D eigenvalue weighted by molar-refractivity contribution is 0.137. The highest BCUT2D eigenvalue weighted by molar-refractivity contribution is 5.53. The number of hydrogen-bond donors (Lipinski definition) is 2. The van der Waals surface area contributed by atoms with Crippen molar-refractivity contribution in [2.45, 2.75) is 6.92 Å². The van der Waals surface area contributed by atoms with E-state index in [1.54, 1.807) is 6.08 Å². The first kappa shape index (κ1) is 15.8. The summed E-state index contributed by atoms with van der Waals surface area (Å²) in [4.78, 5) is 8.56. The SMILES string of the molecule is C=CC.O.O=C(O)O. The zero-order chi connectivity index (χ0) is 6.28. The van der Waals surface area contributed by atoms with Gasteiger partial charge in [0, 0.05) is 0 Å². The van der Waals surface area contributed by atoms with Gasteiger partial charge in [0.15, 0.2) is 0 Å². The summed E-state index contributed by atoms with van der Waals surface area (Å²) >= 11 is 0. The Labute approximate surface area is 47.4 Å². The van der Waals surface area contributed by atoms with Gasteiger partial charge in [0.25, 0.3) is 0 Å². The van der Waals surface area contributed by atoms with Crippen molar-refractivity contribution in [2.75, 3.05) is 0 Å². The number of hydrogen-bond acceptors (Lipinski definition) is 1. The van der Waals surface area contributed by atoms with E-state index < -0.39 is 6.16 Å². The maximum atomic E-state index is 8.56. The number of allylic oxidation sites excluding steroid dienone is 1. The van der Waals surface area contributed by atoms with Crippen molar-refractivity contribution in [2.24, 2.45) is 0 Å². The van der Waals surface area contributed by atoms with Crippen molar-refractivity contribution in [1.82, 2.24) is 0 Å². The molecule has 0 amide bonds. The van der Waals surface area contributed by atoms with Gasteiger partial charge < -0.3 is 15.7 Å². The molecule has 0 aliphatic rings. The summed E-state index contributed by atoms with van der Waals surface area (Å²) in [7, 11) is 0. The largest absolute Gasteiger partial charge is 0.503 e. The summed E-state index contributed by atoms with van der Waals surface area (Å²) in [5.41, 5.74) is 0. The van der Waals surface area contributed by atoms with Crippen molar-refractivity contribution in [1.29, 1.82) is 0 Å². The van der Waals surface area contributed by atoms with Gasteiger partial charge in [0.2, 0.25) is 0 Å². The molecule has 0 aromatic rings. The third-order valence-corrected chi connectivity index (χ3v) is 0.